The number of piperidine rings is 1. The van der Waals surface area contributed by atoms with Crippen molar-refractivity contribution in [3.05, 3.63) is 52.0 Å². The van der Waals surface area contributed by atoms with Crippen molar-refractivity contribution in [2.45, 2.75) is 52.2 Å². The lowest BCUT2D eigenvalue weighted by Gasteiger charge is -2.35. The molecule has 0 aromatic carbocycles. The maximum absolute atomic E-state index is 12.2. The van der Waals surface area contributed by atoms with E-state index in [0.717, 1.165) is 31.9 Å². The number of pyridine rings is 1. The Hall–Kier alpha value is -1.72. The average Bonchev–Trinajstić information content (AvgIpc) is 3.06. The van der Waals surface area contributed by atoms with Gasteiger partial charge in [0.05, 0.1) is 0 Å². The molecule has 2 aliphatic rings. The molecule has 2 fully saturated rings. The number of likely N-dealkylation sites (tertiary alicyclic amines) is 1. The third-order valence-corrected chi connectivity index (χ3v) is 6.95. The van der Waals surface area contributed by atoms with Crippen molar-refractivity contribution >= 4 is 17.2 Å². The Kier molecular flexibility index (Phi) is 4.84. The van der Waals surface area contributed by atoms with Crippen LogP contribution in [0.5, 0.6) is 0 Å². The molecule has 1 atom stereocenters. The van der Waals surface area contributed by atoms with Crippen LogP contribution in [0, 0.1) is 12.3 Å². The monoisotopic (exact) mass is 369 g/mol. The molecule has 138 valence electrons. The Balaban J connectivity index is 1.35. The van der Waals surface area contributed by atoms with Gasteiger partial charge in [0.25, 0.3) is 0 Å². The van der Waals surface area contributed by atoms with Crippen molar-refractivity contribution < 1.29 is 4.79 Å². The van der Waals surface area contributed by atoms with Crippen LogP contribution in [0.25, 0.3) is 0 Å². The van der Waals surface area contributed by atoms with Gasteiger partial charge in [-0.1, -0.05) is 6.07 Å². The number of aryl methyl sites for hydroxylation is 1. The molecule has 4 nitrogen and oxygen atoms in total. The van der Waals surface area contributed by atoms with Crippen LogP contribution >= 0.6 is 11.3 Å². The predicted molar refractivity (Wildman–Crippen MR) is 105 cm³/mol. The lowest BCUT2D eigenvalue weighted by molar-refractivity contribution is -0.130. The van der Waals surface area contributed by atoms with E-state index in [1.807, 2.05) is 12.3 Å². The van der Waals surface area contributed by atoms with Gasteiger partial charge in [-0.15, -0.1) is 0 Å². The number of carbonyl (C=O) groups excluding carboxylic acids is 1. The van der Waals surface area contributed by atoms with Gasteiger partial charge in [0.2, 0.25) is 5.91 Å². The largest absolute Gasteiger partial charge is 0.335 e. The maximum atomic E-state index is 12.2. The minimum absolute atomic E-state index is 0.214. The second-order valence-corrected chi connectivity index (χ2v) is 8.66. The average molecular weight is 370 g/mol. The zero-order valence-electron chi connectivity index (χ0n) is 15.6. The van der Waals surface area contributed by atoms with E-state index in [0.29, 0.717) is 11.5 Å². The molecule has 1 saturated carbocycles. The van der Waals surface area contributed by atoms with Crippen LogP contribution in [0.1, 0.15) is 43.0 Å². The molecule has 0 radical (unpaired) electrons. The zero-order chi connectivity index (χ0) is 18.1. The fourth-order valence-electron chi connectivity index (χ4n) is 4.41. The summed E-state index contributed by atoms with van der Waals surface area (Å²) in [5, 5.41) is 4.25. The van der Waals surface area contributed by atoms with E-state index in [4.69, 9.17) is 0 Å². The lowest BCUT2D eigenvalue weighted by atomic mass is 9.92. The number of nitrogens with zero attached hydrogens (tertiary/aromatic N) is 3. The first-order valence-corrected chi connectivity index (χ1v) is 10.4. The van der Waals surface area contributed by atoms with Gasteiger partial charge < -0.3 is 4.90 Å². The SMILES string of the molecule is CC(=O)N(Cc1ccsc1)C1CC12CCN(Cc1cccnc1C)CC2. The molecule has 1 amide bonds. The molecule has 1 aliphatic carbocycles. The molecule has 5 heteroatoms. The first-order valence-electron chi connectivity index (χ1n) is 9.48. The summed E-state index contributed by atoms with van der Waals surface area (Å²) in [6, 6.07) is 6.78. The van der Waals surface area contributed by atoms with Crippen molar-refractivity contribution in [3.8, 4) is 0 Å². The third-order valence-electron chi connectivity index (χ3n) is 6.22. The van der Waals surface area contributed by atoms with E-state index in [9.17, 15) is 4.79 Å². The smallest absolute Gasteiger partial charge is 0.220 e. The highest BCUT2D eigenvalue weighted by Crippen LogP contribution is 2.57. The van der Waals surface area contributed by atoms with Gasteiger partial charge in [0, 0.05) is 37.9 Å². The summed E-state index contributed by atoms with van der Waals surface area (Å²) in [5.74, 6) is 0.214. The van der Waals surface area contributed by atoms with Crippen LogP contribution in [0.3, 0.4) is 0 Å². The molecular formula is C21H27N3OS. The number of thiophene rings is 1. The highest BCUT2D eigenvalue weighted by Gasteiger charge is 2.58. The van der Waals surface area contributed by atoms with Crippen molar-refractivity contribution in [1.82, 2.24) is 14.8 Å². The molecule has 2 aromatic heterocycles. The van der Waals surface area contributed by atoms with Crippen LogP contribution in [0.15, 0.2) is 35.2 Å². The van der Waals surface area contributed by atoms with Crippen LogP contribution in [0.2, 0.25) is 0 Å². The summed E-state index contributed by atoms with van der Waals surface area (Å²) in [6.07, 6.45) is 5.44. The standard InChI is InChI=1S/C21H27N3OS/c1-16-19(4-3-8-22-16)14-23-9-6-21(7-10-23)12-20(21)24(17(2)25)13-18-5-11-26-15-18/h3-5,8,11,15,20H,6-7,9-10,12-14H2,1-2H3. The summed E-state index contributed by atoms with van der Waals surface area (Å²) in [6.45, 7) is 7.81. The Morgan fingerprint density at radius 1 is 1.38 bits per heavy atom. The van der Waals surface area contributed by atoms with E-state index in [1.54, 1.807) is 18.3 Å². The van der Waals surface area contributed by atoms with Crippen molar-refractivity contribution in [3.63, 3.8) is 0 Å². The Bertz CT molecular complexity index is 765. The van der Waals surface area contributed by atoms with Gasteiger partial charge >= 0.3 is 0 Å². The molecule has 1 unspecified atom stereocenters. The van der Waals surface area contributed by atoms with Gasteiger partial charge in [-0.3, -0.25) is 14.7 Å². The lowest BCUT2D eigenvalue weighted by Crippen LogP contribution is -2.39. The van der Waals surface area contributed by atoms with Gasteiger partial charge in [0.1, 0.15) is 0 Å². The first kappa shape index (κ1) is 17.7. The Morgan fingerprint density at radius 3 is 2.85 bits per heavy atom. The highest BCUT2D eigenvalue weighted by atomic mass is 32.1. The molecule has 2 aromatic rings. The number of aromatic nitrogens is 1. The van der Waals surface area contributed by atoms with Crippen LogP contribution in [-0.2, 0) is 17.9 Å². The van der Waals surface area contributed by atoms with Gasteiger partial charge in [-0.2, -0.15) is 11.3 Å². The van der Waals surface area contributed by atoms with E-state index in [-0.39, 0.29) is 5.91 Å². The number of hydrogen-bond donors (Lipinski definition) is 0. The summed E-state index contributed by atoms with van der Waals surface area (Å²) in [4.78, 5) is 21.3. The van der Waals surface area contributed by atoms with Crippen LogP contribution < -0.4 is 0 Å². The van der Waals surface area contributed by atoms with E-state index in [2.05, 4.69) is 44.6 Å². The van der Waals surface area contributed by atoms with Crippen molar-refractivity contribution in [2.24, 2.45) is 5.41 Å². The topological polar surface area (TPSA) is 36.4 Å². The number of rotatable bonds is 5. The van der Waals surface area contributed by atoms with Gasteiger partial charge in [-0.05, 0) is 78.7 Å². The minimum Gasteiger partial charge on any atom is -0.335 e. The third kappa shape index (κ3) is 3.55. The molecule has 3 heterocycles. The number of hydrogen-bond acceptors (Lipinski definition) is 4. The van der Waals surface area contributed by atoms with Crippen LogP contribution in [0.4, 0.5) is 0 Å². The zero-order valence-corrected chi connectivity index (χ0v) is 16.5. The summed E-state index contributed by atoms with van der Waals surface area (Å²) >= 11 is 1.71. The fraction of sp³-hybridized carbons (Fsp3) is 0.524. The maximum Gasteiger partial charge on any atom is 0.220 e. The Labute approximate surface area is 159 Å². The van der Waals surface area contributed by atoms with E-state index >= 15 is 0 Å². The molecule has 0 N–H and O–H groups in total. The van der Waals surface area contributed by atoms with Crippen molar-refractivity contribution in [2.75, 3.05) is 13.1 Å². The predicted octanol–water partition coefficient (Wildman–Crippen LogP) is 3.85. The minimum atomic E-state index is 0.214. The Morgan fingerprint density at radius 2 is 2.19 bits per heavy atom. The van der Waals surface area contributed by atoms with Crippen molar-refractivity contribution in [1.29, 1.82) is 0 Å². The molecular weight excluding hydrogens is 342 g/mol. The second-order valence-electron chi connectivity index (χ2n) is 7.88. The number of amides is 1. The highest BCUT2D eigenvalue weighted by molar-refractivity contribution is 7.07. The summed E-state index contributed by atoms with van der Waals surface area (Å²) < 4.78 is 0. The summed E-state index contributed by atoms with van der Waals surface area (Å²) in [7, 11) is 0. The van der Waals surface area contributed by atoms with Gasteiger partial charge in [0.15, 0.2) is 0 Å². The molecule has 0 bridgehead atoms. The molecule has 26 heavy (non-hydrogen) atoms. The number of carbonyl (C=O) groups is 1. The van der Waals surface area contributed by atoms with Crippen LogP contribution in [-0.4, -0.2) is 39.8 Å². The van der Waals surface area contributed by atoms with E-state index in [1.165, 1.54) is 30.4 Å². The second kappa shape index (κ2) is 7.12. The van der Waals surface area contributed by atoms with Gasteiger partial charge in [-0.25, -0.2) is 0 Å². The fourth-order valence-corrected chi connectivity index (χ4v) is 5.07. The normalized spacial score (nSPS) is 21.7. The van der Waals surface area contributed by atoms with E-state index < -0.39 is 0 Å². The molecule has 1 aliphatic heterocycles. The quantitative estimate of drug-likeness (QED) is 0.803. The molecule has 1 spiro atoms. The summed E-state index contributed by atoms with van der Waals surface area (Å²) in [5.41, 5.74) is 4.09. The first-order chi connectivity index (χ1) is 12.6. The molecule has 1 saturated heterocycles. The molecule has 4 rings (SSSR count).